The summed E-state index contributed by atoms with van der Waals surface area (Å²) in [6.45, 7) is 3.26. The zero-order valence-corrected chi connectivity index (χ0v) is 13.5. The lowest BCUT2D eigenvalue weighted by Crippen LogP contribution is -2.41. The van der Waals surface area contributed by atoms with Gasteiger partial charge in [-0.2, -0.15) is 0 Å². The van der Waals surface area contributed by atoms with Crippen molar-refractivity contribution in [2.75, 3.05) is 39.0 Å². The molecule has 21 heavy (non-hydrogen) atoms. The summed E-state index contributed by atoms with van der Waals surface area (Å²) in [4.78, 5) is 15.2. The van der Waals surface area contributed by atoms with Gasteiger partial charge in [-0.3, -0.25) is 9.69 Å². The fourth-order valence-electron chi connectivity index (χ4n) is 2.53. The van der Waals surface area contributed by atoms with Crippen LogP contribution in [0.5, 0.6) is 0 Å². The van der Waals surface area contributed by atoms with Gasteiger partial charge in [-0.1, -0.05) is 18.2 Å². The Kier molecular flexibility index (Phi) is 7.06. The number of carbonyl (C=O) groups is 1. The van der Waals surface area contributed by atoms with Gasteiger partial charge in [0.25, 0.3) is 0 Å². The van der Waals surface area contributed by atoms with Crippen LogP contribution in [-0.4, -0.2) is 55.8 Å². The molecule has 1 aliphatic heterocycles. The molecule has 2 N–H and O–H groups in total. The van der Waals surface area contributed by atoms with Crippen molar-refractivity contribution in [2.24, 2.45) is 0 Å². The van der Waals surface area contributed by atoms with Crippen LogP contribution in [0.25, 0.3) is 0 Å². The Balaban J connectivity index is 1.54. The molecule has 1 aromatic rings. The minimum absolute atomic E-state index is 0.115. The smallest absolute Gasteiger partial charge is 0.234 e. The number of hydrogen-bond donors (Lipinski definition) is 2. The lowest BCUT2D eigenvalue weighted by molar-refractivity contribution is -0.121. The summed E-state index contributed by atoms with van der Waals surface area (Å²) in [5.41, 5.74) is 0. The molecule has 1 fully saturated rings. The highest BCUT2D eigenvalue weighted by molar-refractivity contribution is 7.99. The Morgan fingerprint density at radius 2 is 2.24 bits per heavy atom. The Morgan fingerprint density at radius 1 is 1.43 bits per heavy atom. The maximum Gasteiger partial charge on any atom is 0.234 e. The number of nitrogens with one attached hydrogen (secondary N) is 2. The largest absolute Gasteiger partial charge is 0.354 e. The second-order valence-electron chi connectivity index (χ2n) is 5.50. The van der Waals surface area contributed by atoms with Crippen molar-refractivity contribution < 1.29 is 4.79 Å². The highest BCUT2D eigenvalue weighted by Gasteiger charge is 2.16. The first-order chi connectivity index (χ1) is 10.2. The van der Waals surface area contributed by atoms with E-state index in [-0.39, 0.29) is 5.91 Å². The minimum atomic E-state index is 0.115. The fraction of sp³-hybridized carbons (Fsp3) is 0.562. The van der Waals surface area contributed by atoms with Crippen molar-refractivity contribution in [2.45, 2.75) is 23.8 Å². The Morgan fingerprint density at radius 3 is 2.95 bits per heavy atom. The first kappa shape index (κ1) is 16.3. The molecule has 0 aliphatic carbocycles. The average molecular weight is 307 g/mol. The minimum Gasteiger partial charge on any atom is -0.354 e. The second-order valence-corrected chi connectivity index (χ2v) is 6.67. The van der Waals surface area contributed by atoms with Gasteiger partial charge in [0.2, 0.25) is 5.91 Å². The van der Waals surface area contributed by atoms with Crippen molar-refractivity contribution in [3.63, 3.8) is 0 Å². The molecule has 1 amide bonds. The number of hydrogen-bond acceptors (Lipinski definition) is 4. The monoisotopic (exact) mass is 307 g/mol. The molecule has 2 rings (SSSR count). The maximum atomic E-state index is 11.9. The van der Waals surface area contributed by atoms with Gasteiger partial charge < -0.3 is 10.6 Å². The molecule has 0 radical (unpaired) electrons. The summed E-state index contributed by atoms with van der Waals surface area (Å²) in [5, 5.41) is 6.44. The molecule has 0 bridgehead atoms. The van der Waals surface area contributed by atoms with Crippen LogP contribution in [0.1, 0.15) is 12.8 Å². The van der Waals surface area contributed by atoms with Gasteiger partial charge >= 0.3 is 0 Å². The summed E-state index contributed by atoms with van der Waals surface area (Å²) in [7, 11) is 2.01. The van der Waals surface area contributed by atoms with Gasteiger partial charge in [-0.25, -0.2) is 0 Å². The van der Waals surface area contributed by atoms with E-state index in [1.165, 1.54) is 17.7 Å². The van der Waals surface area contributed by atoms with E-state index in [0.29, 0.717) is 19.1 Å². The summed E-state index contributed by atoms with van der Waals surface area (Å²) in [6, 6.07) is 10.8. The summed E-state index contributed by atoms with van der Waals surface area (Å²) in [6.07, 6.45) is 2.47. The van der Waals surface area contributed by atoms with Crippen molar-refractivity contribution in [1.29, 1.82) is 0 Å². The van der Waals surface area contributed by atoms with Gasteiger partial charge in [-0.05, 0) is 38.6 Å². The zero-order chi connectivity index (χ0) is 14.9. The summed E-state index contributed by atoms with van der Waals surface area (Å²) in [5.74, 6) is 1.02. The number of likely N-dealkylation sites (N-methyl/N-ethyl adjacent to an activating group) is 1. The Labute approximate surface area is 131 Å². The second kappa shape index (κ2) is 9.07. The fourth-order valence-corrected chi connectivity index (χ4v) is 3.32. The zero-order valence-electron chi connectivity index (χ0n) is 12.7. The van der Waals surface area contributed by atoms with Gasteiger partial charge in [0.1, 0.15) is 0 Å². The first-order valence-corrected chi connectivity index (χ1v) is 8.59. The summed E-state index contributed by atoms with van der Waals surface area (Å²) >= 11 is 1.77. The van der Waals surface area contributed by atoms with Gasteiger partial charge in [0.15, 0.2) is 0 Å². The number of rotatable bonds is 8. The standard InChI is InChI=1S/C16H25N3OS/c1-19(12-14-6-5-9-17-14)13-16(20)18-10-11-21-15-7-3-2-4-8-15/h2-4,7-8,14,17H,5-6,9-13H2,1H3,(H,18,20). The predicted molar refractivity (Wildman–Crippen MR) is 88.7 cm³/mol. The van der Waals surface area contributed by atoms with E-state index in [1.807, 2.05) is 25.2 Å². The van der Waals surface area contributed by atoms with Crippen LogP contribution in [0.15, 0.2) is 35.2 Å². The molecule has 1 aromatic carbocycles. The average Bonchev–Trinajstić information content (AvgIpc) is 2.97. The lowest BCUT2D eigenvalue weighted by Gasteiger charge is -2.20. The van der Waals surface area contributed by atoms with Crippen molar-refractivity contribution in [3.8, 4) is 0 Å². The van der Waals surface area contributed by atoms with Crippen molar-refractivity contribution in [1.82, 2.24) is 15.5 Å². The van der Waals surface area contributed by atoms with E-state index in [9.17, 15) is 4.79 Å². The SMILES string of the molecule is CN(CC(=O)NCCSc1ccccc1)CC1CCCN1. The molecular formula is C16H25N3OS. The Bertz CT molecular complexity index is 421. The molecule has 1 unspecified atom stereocenters. The first-order valence-electron chi connectivity index (χ1n) is 7.60. The molecule has 1 aliphatic rings. The van der Waals surface area contributed by atoms with Crippen LogP contribution in [0, 0.1) is 0 Å². The number of benzene rings is 1. The number of nitrogens with zero attached hydrogens (tertiary/aromatic N) is 1. The van der Waals surface area contributed by atoms with E-state index < -0.39 is 0 Å². The molecule has 1 heterocycles. The molecule has 116 valence electrons. The lowest BCUT2D eigenvalue weighted by atomic mass is 10.2. The third-order valence-corrected chi connectivity index (χ3v) is 4.56. The topological polar surface area (TPSA) is 44.4 Å². The van der Waals surface area contributed by atoms with E-state index in [1.54, 1.807) is 11.8 Å². The maximum absolute atomic E-state index is 11.9. The molecule has 4 nitrogen and oxygen atoms in total. The molecule has 0 aromatic heterocycles. The quantitative estimate of drug-likeness (QED) is 0.565. The van der Waals surface area contributed by atoms with E-state index in [4.69, 9.17) is 0 Å². The van der Waals surface area contributed by atoms with E-state index in [0.717, 1.165) is 18.8 Å². The highest BCUT2D eigenvalue weighted by Crippen LogP contribution is 2.15. The number of thioether (sulfide) groups is 1. The van der Waals surface area contributed by atoms with Crippen LogP contribution < -0.4 is 10.6 Å². The Hall–Kier alpha value is -1.04. The van der Waals surface area contributed by atoms with Crippen molar-refractivity contribution in [3.05, 3.63) is 30.3 Å². The van der Waals surface area contributed by atoms with Gasteiger partial charge in [0.05, 0.1) is 6.54 Å². The molecule has 5 heteroatoms. The van der Waals surface area contributed by atoms with E-state index in [2.05, 4.69) is 27.7 Å². The van der Waals surface area contributed by atoms with E-state index >= 15 is 0 Å². The molecule has 1 atom stereocenters. The van der Waals surface area contributed by atoms with Crippen LogP contribution in [-0.2, 0) is 4.79 Å². The van der Waals surface area contributed by atoms with Crippen LogP contribution >= 0.6 is 11.8 Å². The van der Waals surface area contributed by atoms with Gasteiger partial charge in [-0.15, -0.1) is 11.8 Å². The summed E-state index contributed by atoms with van der Waals surface area (Å²) < 4.78 is 0. The molecule has 0 saturated carbocycles. The molecule has 0 spiro atoms. The third-order valence-electron chi connectivity index (χ3n) is 3.54. The number of carbonyl (C=O) groups excluding carboxylic acids is 1. The predicted octanol–water partition coefficient (Wildman–Crippen LogP) is 1.58. The number of amides is 1. The van der Waals surface area contributed by atoms with Crippen molar-refractivity contribution >= 4 is 17.7 Å². The van der Waals surface area contributed by atoms with Crippen LogP contribution in [0.4, 0.5) is 0 Å². The molecular weight excluding hydrogens is 282 g/mol. The highest BCUT2D eigenvalue weighted by atomic mass is 32.2. The normalized spacial score (nSPS) is 18.1. The third kappa shape index (κ3) is 6.50. The van der Waals surface area contributed by atoms with Crippen LogP contribution in [0.2, 0.25) is 0 Å². The van der Waals surface area contributed by atoms with Gasteiger partial charge in [0, 0.05) is 29.8 Å². The van der Waals surface area contributed by atoms with Crippen LogP contribution in [0.3, 0.4) is 0 Å². The molecule has 1 saturated heterocycles.